The Hall–Kier alpha value is -1.03. The lowest BCUT2D eigenvalue weighted by atomic mass is 10.2. The fourth-order valence-corrected chi connectivity index (χ4v) is 3.32. The summed E-state index contributed by atoms with van der Waals surface area (Å²) in [7, 11) is -3.77. The third-order valence-electron chi connectivity index (χ3n) is 2.82. The lowest BCUT2D eigenvalue weighted by molar-refractivity contribution is -0.385. The highest BCUT2D eigenvalue weighted by atomic mass is 79.9. The van der Waals surface area contributed by atoms with E-state index in [-0.39, 0.29) is 17.1 Å². The first-order valence-electron chi connectivity index (χ1n) is 6.44. The Balaban J connectivity index is 2.91. The van der Waals surface area contributed by atoms with E-state index >= 15 is 0 Å². The van der Waals surface area contributed by atoms with E-state index in [2.05, 4.69) is 26.0 Å². The molecule has 0 bridgehead atoms. The molecule has 9 heteroatoms. The van der Waals surface area contributed by atoms with E-state index in [1.165, 1.54) is 6.07 Å². The Morgan fingerprint density at radius 1 is 1.29 bits per heavy atom. The number of nitro benzene ring substituents is 1. The Labute approximate surface area is 132 Å². The van der Waals surface area contributed by atoms with Crippen molar-refractivity contribution in [2.24, 2.45) is 0 Å². The van der Waals surface area contributed by atoms with Crippen molar-refractivity contribution >= 4 is 31.6 Å². The second-order valence-electron chi connectivity index (χ2n) is 4.45. The van der Waals surface area contributed by atoms with Crippen molar-refractivity contribution < 1.29 is 13.3 Å². The maximum atomic E-state index is 12.1. The van der Waals surface area contributed by atoms with Gasteiger partial charge in [-0.2, -0.15) is 0 Å². The summed E-state index contributed by atoms with van der Waals surface area (Å²) in [6, 6.07) is 2.44. The number of nitrogens with one attached hydrogen (secondary N) is 2. The SMILES string of the molecule is CCCNCCNS(=O)(=O)c1cc(Br)c(C)c([N+](=O)[O-])c1. The fourth-order valence-electron chi connectivity index (χ4n) is 1.64. The maximum absolute atomic E-state index is 12.1. The van der Waals surface area contributed by atoms with Gasteiger partial charge in [0.25, 0.3) is 5.69 Å². The second kappa shape index (κ2) is 7.83. The van der Waals surface area contributed by atoms with E-state index in [4.69, 9.17) is 0 Å². The van der Waals surface area contributed by atoms with Gasteiger partial charge in [0.1, 0.15) is 0 Å². The van der Waals surface area contributed by atoms with Crippen molar-refractivity contribution in [3.8, 4) is 0 Å². The molecule has 0 atom stereocenters. The predicted octanol–water partition coefficient (Wildman–Crippen LogP) is 1.94. The molecule has 0 unspecified atom stereocenters. The molecule has 0 aliphatic carbocycles. The molecule has 0 aliphatic rings. The van der Waals surface area contributed by atoms with Gasteiger partial charge in [0, 0.05) is 29.2 Å². The molecule has 0 radical (unpaired) electrons. The summed E-state index contributed by atoms with van der Waals surface area (Å²) in [5.41, 5.74) is 0.164. The molecule has 0 saturated heterocycles. The van der Waals surface area contributed by atoms with Crippen molar-refractivity contribution in [1.82, 2.24) is 10.0 Å². The van der Waals surface area contributed by atoms with Crippen LogP contribution in [-0.2, 0) is 10.0 Å². The van der Waals surface area contributed by atoms with Gasteiger partial charge < -0.3 is 5.32 Å². The summed E-state index contributed by atoms with van der Waals surface area (Å²) >= 11 is 3.15. The number of sulfonamides is 1. The Bertz CT molecular complexity index is 619. The highest BCUT2D eigenvalue weighted by molar-refractivity contribution is 9.10. The average Bonchev–Trinajstić information content (AvgIpc) is 2.40. The molecule has 1 aromatic rings. The highest BCUT2D eigenvalue weighted by Crippen LogP contribution is 2.29. The molecular weight excluding hydrogens is 362 g/mol. The molecule has 0 aromatic heterocycles. The van der Waals surface area contributed by atoms with Crippen LogP contribution in [0.15, 0.2) is 21.5 Å². The molecule has 0 amide bonds. The number of hydrogen-bond acceptors (Lipinski definition) is 5. The number of halogens is 1. The smallest absolute Gasteiger partial charge is 0.274 e. The monoisotopic (exact) mass is 379 g/mol. The quantitative estimate of drug-likeness (QED) is 0.408. The van der Waals surface area contributed by atoms with Gasteiger partial charge in [0.2, 0.25) is 10.0 Å². The van der Waals surface area contributed by atoms with Crippen LogP contribution in [0.25, 0.3) is 0 Å². The van der Waals surface area contributed by atoms with E-state index in [9.17, 15) is 18.5 Å². The Morgan fingerprint density at radius 2 is 1.95 bits per heavy atom. The standard InChI is InChI=1S/C12H18BrN3O4S/c1-3-4-14-5-6-15-21(19,20)10-7-11(13)9(2)12(8-10)16(17)18/h7-8,14-15H,3-6H2,1-2H3. The van der Waals surface area contributed by atoms with Gasteiger partial charge in [-0.05, 0) is 26.0 Å². The van der Waals surface area contributed by atoms with E-state index in [1.54, 1.807) is 6.92 Å². The van der Waals surface area contributed by atoms with Crippen LogP contribution in [0.4, 0.5) is 5.69 Å². The molecule has 0 aliphatic heterocycles. The van der Waals surface area contributed by atoms with Crippen LogP contribution < -0.4 is 10.0 Å². The first kappa shape index (κ1) is 18.0. The van der Waals surface area contributed by atoms with E-state index in [0.29, 0.717) is 16.6 Å². The second-order valence-corrected chi connectivity index (χ2v) is 7.08. The van der Waals surface area contributed by atoms with Gasteiger partial charge in [0.05, 0.1) is 9.82 Å². The number of nitro groups is 1. The normalized spacial score (nSPS) is 11.6. The van der Waals surface area contributed by atoms with Crippen molar-refractivity contribution in [1.29, 1.82) is 0 Å². The van der Waals surface area contributed by atoms with Gasteiger partial charge in [-0.1, -0.05) is 22.9 Å². The number of hydrogen-bond donors (Lipinski definition) is 2. The van der Waals surface area contributed by atoms with Crippen molar-refractivity contribution in [2.45, 2.75) is 25.2 Å². The van der Waals surface area contributed by atoms with Crippen LogP contribution in [0.3, 0.4) is 0 Å². The van der Waals surface area contributed by atoms with E-state index in [1.807, 2.05) is 6.92 Å². The molecule has 118 valence electrons. The van der Waals surface area contributed by atoms with Crippen LogP contribution in [0.2, 0.25) is 0 Å². The summed E-state index contributed by atoms with van der Waals surface area (Å²) in [4.78, 5) is 10.2. The lowest BCUT2D eigenvalue weighted by Crippen LogP contribution is -2.32. The summed E-state index contributed by atoms with van der Waals surface area (Å²) in [6.07, 6.45) is 0.962. The molecule has 1 aromatic carbocycles. The molecule has 1 rings (SSSR count). The molecule has 0 saturated carbocycles. The zero-order valence-electron chi connectivity index (χ0n) is 11.8. The summed E-state index contributed by atoms with van der Waals surface area (Å²) < 4.78 is 27.0. The van der Waals surface area contributed by atoms with Gasteiger partial charge in [0.15, 0.2) is 0 Å². The third kappa shape index (κ3) is 5.03. The number of nitrogens with zero attached hydrogens (tertiary/aromatic N) is 1. The van der Waals surface area contributed by atoms with Crippen LogP contribution in [0, 0.1) is 17.0 Å². The minimum Gasteiger partial charge on any atom is -0.315 e. The van der Waals surface area contributed by atoms with Crippen molar-refractivity contribution in [2.75, 3.05) is 19.6 Å². The Morgan fingerprint density at radius 3 is 2.52 bits per heavy atom. The summed E-state index contributed by atoms with van der Waals surface area (Å²) in [5.74, 6) is 0. The van der Waals surface area contributed by atoms with Gasteiger partial charge >= 0.3 is 0 Å². The van der Waals surface area contributed by atoms with E-state index < -0.39 is 14.9 Å². The predicted molar refractivity (Wildman–Crippen MR) is 83.9 cm³/mol. The zero-order valence-corrected chi connectivity index (χ0v) is 14.3. The lowest BCUT2D eigenvalue weighted by Gasteiger charge is -2.09. The van der Waals surface area contributed by atoms with Crippen molar-refractivity contribution in [3.05, 3.63) is 32.3 Å². The largest absolute Gasteiger partial charge is 0.315 e. The van der Waals surface area contributed by atoms with Gasteiger partial charge in [-0.3, -0.25) is 10.1 Å². The molecular formula is C12H18BrN3O4S. The van der Waals surface area contributed by atoms with Crippen LogP contribution in [0.5, 0.6) is 0 Å². The average molecular weight is 380 g/mol. The molecule has 21 heavy (non-hydrogen) atoms. The van der Waals surface area contributed by atoms with Crippen LogP contribution >= 0.6 is 15.9 Å². The number of benzene rings is 1. The minimum absolute atomic E-state index is 0.123. The van der Waals surface area contributed by atoms with Crippen LogP contribution in [0.1, 0.15) is 18.9 Å². The minimum atomic E-state index is -3.77. The first-order valence-corrected chi connectivity index (χ1v) is 8.72. The van der Waals surface area contributed by atoms with Crippen molar-refractivity contribution in [3.63, 3.8) is 0 Å². The summed E-state index contributed by atoms with van der Waals surface area (Å²) in [5, 5.41) is 14.0. The molecule has 0 heterocycles. The first-order chi connectivity index (χ1) is 9.79. The third-order valence-corrected chi connectivity index (χ3v) is 5.08. The molecule has 7 nitrogen and oxygen atoms in total. The van der Waals surface area contributed by atoms with Crippen LogP contribution in [-0.4, -0.2) is 33.0 Å². The zero-order chi connectivity index (χ0) is 16.0. The maximum Gasteiger partial charge on any atom is 0.274 e. The molecule has 2 N–H and O–H groups in total. The Kier molecular flexibility index (Phi) is 6.72. The highest BCUT2D eigenvalue weighted by Gasteiger charge is 2.21. The van der Waals surface area contributed by atoms with Gasteiger partial charge in [-0.25, -0.2) is 13.1 Å². The fraction of sp³-hybridized carbons (Fsp3) is 0.500. The van der Waals surface area contributed by atoms with Gasteiger partial charge in [-0.15, -0.1) is 0 Å². The topological polar surface area (TPSA) is 101 Å². The molecule has 0 spiro atoms. The molecule has 0 fully saturated rings. The number of rotatable bonds is 8. The van der Waals surface area contributed by atoms with E-state index in [0.717, 1.165) is 19.0 Å². The summed E-state index contributed by atoms with van der Waals surface area (Å²) in [6.45, 7) is 5.11.